The van der Waals surface area contributed by atoms with Gasteiger partial charge in [0.1, 0.15) is 24.4 Å². The molecular weight excluding hydrogens is 380 g/mol. The number of thiophene rings is 1. The number of fused-ring (bicyclic) bond motifs is 1. The second-order valence-electron chi connectivity index (χ2n) is 8.78. The molecule has 2 saturated carbocycles. The zero-order valence-electron chi connectivity index (χ0n) is 16.0. The summed E-state index contributed by atoms with van der Waals surface area (Å²) in [6.07, 6.45) is 7.28. The smallest absolute Gasteiger partial charge is 0.190 e. The zero-order valence-corrected chi connectivity index (χ0v) is 16.9. The predicted molar refractivity (Wildman–Crippen MR) is 101 cm³/mol. The number of rotatable bonds is 4. The fourth-order valence-corrected chi connectivity index (χ4v) is 6.13. The Kier molecular flexibility index (Phi) is 4.57. The van der Waals surface area contributed by atoms with Crippen LogP contribution in [0.25, 0.3) is 0 Å². The van der Waals surface area contributed by atoms with E-state index >= 15 is 0 Å². The highest BCUT2D eigenvalue weighted by Gasteiger charge is 2.62. The van der Waals surface area contributed by atoms with Gasteiger partial charge in [-0.25, -0.2) is 0 Å². The monoisotopic (exact) mass is 408 g/mol. The molecule has 0 radical (unpaired) electrons. The first-order valence-electron chi connectivity index (χ1n) is 10.7. The molecular formula is C21H28O6S. The van der Waals surface area contributed by atoms with E-state index in [1.54, 1.807) is 11.3 Å². The summed E-state index contributed by atoms with van der Waals surface area (Å²) >= 11 is 1.68. The third-order valence-corrected chi connectivity index (χ3v) is 7.62. The van der Waals surface area contributed by atoms with Crippen molar-refractivity contribution in [1.29, 1.82) is 0 Å². The maximum atomic E-state index is 6.46. The molecule has 0 N–H and O–H groups in total. The second-order valence-corrected chi connectivity index (χ2v) is 9.56. The minimum atomic E-state index is -0.468. The Morgan fingerprint density at radius 2 is 1.75 bits per heavy atom. The molecule has 0 amide bonds. The summed E-state index contributed by atoms with van der Waals surface area (Å²) < 4.78 is 38.0. The van der Waals surface area contributed by atoms with Crippen molar-refractivity contribution in [2.75, 3.05) is 6.61 Å². The first kappa shape index (κ1) is 18.2. The van der Waals surface area contributed by atoms with Crippen LogP contribution in [-0.4, -0.2) is 48.9 Å². The lowest BCUT2D eigenvalue weighted by Gasteiger charge is -2.30. The zero-order chi connectivity index (χ0) is 18.6. The molecule has 154 valence electrons. The predicted octanol–water partition coefficient (Wildman–Crippen LogP) is 3.73. The SMILES string of the molecule is c1cc(CO[C@@H]2[C@H]3OC4(CCCC4)O[C@H]3O[C@@H]2[C@H]2COC3(CCCC3)O2)cs1. The van der Waals surface area contributed by atoms with Crippen LogP contribution in [-0.2, 0) is 35.0 Å². The van der Waals surface area contributed by atoms with Crippen molar-refractivity contribution in [1.82, 2.24) is 0 Å². The van der Waals surface area contributed by atoms with Crippen LogP contribution in [0.5, 0.6) is 0 Å². The highest BCUT2D eigenvalue weighted by atomic mass is 32.1. The average molecular weight is 409 g/mol. The average Bonchev–Trinajstić information content (AvgIpc) is 3.50. The van der Waals surface area contributed by atoms with Crippen LogP contribution in [0.4, 0.5) is 0 Å². The molecule has 4 heterocycles. The van der Waals surface area contributed by atoms with E-state index in [0.29, 0.717) is 13.2 Å². The fourth-order valence-electron chi connectivity index (χ4n) is 5.48. The van der Waals surface area contributed by atoms with E-state index in [2.05, 4.69) is 16.8 Å². The lowest BCUT2D eigenvalue weighted by Crippen LogP contribution is -2.44. The Morgan fingerprint density at radius 3 is 2.50 bits per heavy atom. The third kappa shape index (κ3) is 3.07. The van der Waals surface area contributed by atoms with Gasteiger partial charge in [0, 0.05) is 25.7 Å². The van der Waals surface area contributed by atoms with E-state index in [-0.39, 0.29) is 30.7 Å². The molecule has 5 aliphatic rings. The largest absolute Gasteiger partial charge is 0.368 e. The van der Waals surface area contributed by atoms with E-state index in [4.69, 9.17) is 28.4 Å². The quantitative estimate of drug-likeness (QED) is 0.757. The van der Waals surface area contributed by atoms with Gasteiger partial charge in [-0.1, -0.05) is 0 Å². The Bertz CT molecular complexity index is 681. The van der Waals surface area contributed by atoms with Crippen molar-refractivity contribution in [3.8, 4) is 0 Å². The normalized spacial score (nSPS) is 40.8. The second kappa shape index (κ2) is 7.01. The molecule has 5 atom stereocenters. The van der Waals surface area contributed by atoms with Crippen LogP contribution >= 0.6 is 11.3 Å². The number of ether oxygens (including phenoxy) is 6. The van der Waals surface area contributed by atoms with E-state index in [0.717, 1.165) is 51.4 Å². The van der Waals surface area contributed by atoms with E-state index in [9.17, 15) is 0 Å². The Hall–Kier alpha value is -0.540. The Morgan fingerprint density at radius 1 is 0.964 bits per heavy atom. The lowest BCUT2D eigenvalue weighted by atomic mass is 10.1. The number of hydrogen-bond acceptors (Lipinski definition) is 7. The maximum Gasteiger partial charge on any atom is 0.190 e. The lowest BCUT2D eigenvalue weighted by molar-refractivity contribution is -0.249. The fraction of sp³-hybridized carbons (Fsp3) is 0.810. The van der Waals surface area contributed by atoms with Crippen LogP contribution in [0.3, 0.4) is 0 Å². The van der Waals surface area contributed by atoms with Gasteiger partial charge in [-0.05, 0) is 48.1 Å². The van der Waals surface area contributed by atoms with Gasteiger partial charge in [0.2, 0.25) is 0 Å². The standard InChI is InChI=1S/C21H28O6S/c1-2-7-20(6-1)23-12-15(25-20)16-17(22-11-14-5-10-28-13-14)18-19(24-16)27-21(26-18)8-3-4-9-21/h5,10,13,15-19H,1-4,6-9,11-12H2/t15-,16-,17+,18-,19-/m1/s1. The molecule has 7 heteroatoms. The Balaban J connectivity index is 1.20. The topological polar surface area (TPSA) is 55.4 Å². The van der Waals surface area contributed by atoms with E-state index in [1.807, 2.05) is 0 Å². The van der Waals surface area contributed by atoms with Crippen molar-refractivity contribution in [3.63, 3.8) is 0 Å². The summed E-state index contributed by atoms with van der Waals surface area (Å²) in [7, 11) is 0. The molecule has 0 bridgehead atoms. The third-order valence-electron chi connectivity index (χ3n) is 6.89. The van der Waals surface area contributed by atoms with Gasteiger partial charge in [0.15, 0.2) is 17.9 Å². The molecule has 5 fully saturated rings. The molecule has 1 aromatic heterocycles. The molecule has 28 heavy (non-hydrogen) atoms. The highest BCUT2D eigenvalue weighted by molar-refractivity contribution is 7.07. The Labute approximate surface area is 169 Å². The summed E-state index contributed by atoms with van der Waals surface area (Å²) in [6.45, 7) is 1.10. The van der Waals surface area contributed by atoms with Crippen molar-refractivity contribution < 1.29 is 28.4 Å². The van der Waals surface area contributed by atoms with Gasteiger partial charge in [-0.3, -0.25) is 0 Å². The van der Waals surface area contributed by atoms with Crippen LogP contribution in [0, 0.1) is 0 Å². The molecule has 1 aromatic rings. The maximum absolute atomic E-state index is 6.46. The van der Waals surface area contributed by atoms with Crippen LogP contribution in [0.15, 0.2) is 16.8 Å². The minimum Gasteiger partial charge on any atom is -0.368 e. The van der Waals surface area contributed by atoms with E-state index in [1.165, 1.54) is 5.56 Å². The van der Waals surface area contributed by atoms with Gasteiger partial charge in [-0.15, -0.1) is 0 Å². The van der Waals surface area contributed by atoms with Crippen molar-refractivity contribution in [3.05, 3.63) is 22.4 Å². The summed E-state index contributed by atoms with van der Waals surface area (Å²) in [4.78, 5) is 0. The summed E-state index contributed by atoms with van der Waals surface area (Å²) in [5.74, 6) is -0.873. The van der Waals surface area contributed by atoms with Crippen molar-refractivity contribution in [2.45, 2.75) is 100 Å². The molecule has 0 aromatic carbocycles. The van der Waals surface area contributed by atoms with Gasteiger partial charge in [0.05, 0.1) is 13.2 Å². The van der Waals surface area contributed by atoms with Gasteiger partial charge >= 0.3 is 0 Å². The summed E-state index contributed by atoms with van der Waals surface area (Å²) in [5, 5.41) is 4.19. The van der Waals surface area contributed by atoms with Crippen molar-refractivity contribution >= 4 is 11.3 Å². The first-order valence-corrected chi connectivity index (χ1v) is 11.6. The van der Waals surface area contributed by atoms with E-state index < -0.39 is 11.6 Å². The van der Waals surface area contributed by atoms with Crippen LogP contribution in [0.1, 0.15) is 56.9 Å². The molecule has 3 saturated heterocycles. The molecule has 2 aliphatic carbocycles. The van der Waals surface area contributed by atoms with Gasteiger partial charge in [-0.2, -0.15) is 11.3 Å². The molecule has 3 aliphatic heterocycles. The van der Waals surface area contributed by atoms with Crippen molar-refractivity contribution in [2.24, 2.45) is 0 Å². The van der Waals surface area contributed by atoms with Crippen LogP contribution in [0.2, 0.25) is 0 Å². The number of hydrogen-bond donors (Lipinski definition) is 0. The molecule has 2 spiro atoms. The molecule has 6 nitrogen and oxygen atoms in total. The summed E-state index contributed by atoms with van der Waals surface area (Å²) in [5.41, 5.74) is 1.18. The minimum absolute atomic E-state index is 0.136. The van der Waals surface area contributed by atoms with Crippen LogP contribution < -0.4 is 0 Å². The highest BCUT2D eigenvalue weighted by Crippen LogP contribution is 2.49. The molecule has 0 unspecified atom stereocenters. The van der Waals surface area contributed by atoms with Gasteiger partial charge in [0.25, 0.3) is 0 Å². The van der Waals surface area contributed by atoms with Gasteiger partial charge < -0.3 is 28.4 Å². The first-order chi connectivity index (χ1) is 13.7. The summed E-state index contributed by atoms with van der Waals surface area (Å²) in [6, 6.07) is 2.10. The molecule has 6 rings (SSSR count).